The van der Waals surface area contributed by atoms with Crippen molar-refractivity contribution in [2.75, 3.05) is 0 Å². The van der Waals surface area contributed by atoms with E-state index < -0.39 is 0 Å². The molecule has 0 spiro atoms. The van der Waals surface area contributed by atoms with Gasteiger partial charge < -0.3 is 13.4 Å². The highest BCUT2D eigenvalue weighted by Crippen LogP contribution is 2.39. The van der Waals surface area contributed by atoms with Gasteiger partial charge in [0.1, 0.15) is 16.5 Å². The van der Waals surface area contributed by atoms with Crippen molar-refractivity contribution in [3.8, 4) is 50.2 Å². The van der Waals surface area contributed by atoms with E-state index in [0.717, 1.165) is 71.4 Å². The summed E-state index contributed by atoms with van der Waals surface area (Å²) in [5.74, 6) is 1.67. The number of hydrogen-bond donors (Lipinski definition) is 0. The van der Waals surface area contributed by atoms with Crippen LogP contribution in [0.5, 0.6) is 0 Å². The summed E-state index contributed by atoms with van der Waals surface area (Å²) in [4.78, 5) is 9.69. The van der Waals surface area contributed by atoms with E-state index in [1.54, 1.807) is 23.9 Å². The molecule has 5 heterocycles. The van der Waals surface area contributed by atoms with Gasteiger partial charge in [-0.15, -0.1) is 11.3 Å². The van der Waals surface area contributed by atoms with E-state index in [0.29, 0.717) is 0 Å². The van der Waals surface area contributed by atoms with Crippen LogP contribution in [0.2, 0.25) is 0 Å². The molecule has 5 nitrogen and oxygen atoms in total. The van der Waals surface area contributed by atoms with E-state index in [1.165, 1.54) is 10.8 Å². The average Bonchev–Trinajstić information content (AvgIpc) is 3.90. The second-order valence-electron chi connectivity index (χ2n) is 10.7. The summed E-state index contributed by atoms with van der Waals surface area (Å²) in [5.41, 5.74) is 9.32. The van der Waals surface area contributed by atoms with Crippen LogP contribution >= 0.6 is 11.3 Å². The molecule has 0 fully saturated rings. The Morgan fingerprint density at radius 3 is 2.16 bits per heavy atom. The van der Waals surface area contributed by atoms with Gasteiger partial charge in [-0.2, -0.15) is 0 Å². The number of para-hydroxylation sites is 1. The van der Waals surface area contributed by atoms with Gasteiger partial charge in [-0.05, 0) is 84.9 Å². The lowest BCUT2D eigenvalue weighted by molar-refractivity contribution is 0.582. The summed E-state index contributed by atoms with van der Waals surface area (Å²) in [7, 11) is 0. The Morgan fingerprint density at radius 1 is 0.568 bits per heavy atom. The van der Waals surface area contributed by atoms with Crippen molar-refractivity contribution in [2.45, 2.75) is 0 Å². The molecule has 44 heavy (non-hydrogen) atoms. The SMILES string of the molecule is c1ccc(-c2cc(-c3ccco3)cc(-n3c4ccccc4c4ccc(-c5nc6ccc(-c7ccco7)cc6s5)cc43)c2)nc1. The summed E-state index contributed by atoms with van der Waals surface area (Å²) in [6, 6.07) is 41.9. The van der Waals surface area contributed by atoms with E-state index in [1.807, 2.05) is 48.7 Å². The Labute approximate surface area is 256 Å². The predicted octanol–water partition coefficient (Wildman–Crippen LogP) is 10.6. The minimum Gasteiger partial charge on any atom is -0.464 e. The molecule has 0 amide bonds. The molecule has 5 aromatic heterocycles. The maximum absolute atomic E-state index is 5.85. The van der Waals surface area contributed by atoms with Crippen LogP contribution in [0.4, 0.5) is 0 Å². The predicted molar refractivity (Wildman–Crippen MR) is 178 cm³/mol. The van der Waals surface area contributed by atoms with Crippen LogP contribution in [-0.4, -0.2) is 14.5 Å². The third kappa shape index (κ3) is 4.07. The molecule has 208 valence electrons. The molecule has 0 saturated heterocycles. The normalized spacial score (nSPS) is 11.6. The molecular formula is C38H23N3O2S. The maximum atomic E-state index is 5.85. The zero-order valence-corrected chi connectivity index (χ0v) is 24.2. The lowest BCUT2D eigenvalue weighted by Crippen LogP contribution is -1.96. The van der Waals surface area contributed by atoms with Gasteiger partial charge in [0.2, 0.25) is 0 Å². The zero-order chi connectivity index (χ0) is 29.0. The summed E-state index contributed by atoms with van der Waals surface area (Å²) >= 11 is 1.70. The maximum Gasteiger partial charge on any atom is 0.133 e. The number of rotatable bonds is 5. The van der Waals surface area contributed by atoms with Crippen LogP contribution in [-0.2, 0) is 0 Å². The van der Waals surface area contributed by atoms with Gasteiger partial charge in [-0.1, -0.05) is 36.4 Å². The van der Waals surface area contributed by atoms with Gasteiger partial charge in [0.15, 0.2) is 0 Å². The minimum atomic E-state index is 0.814. The topological polar surface area (TPSA) is 57.0 Å². The van der Waals surface area contributed by atoms with Crippen molar-refractivity contribution in [1.82, 2.24) is 14.5 Å². The number of nitrogens with zero attached hydrogens (tertiary/aromatic N) is 3. The van der Waals surface area contributed by atoms with Gasteiger partial charge in [0.25, 0.3) is 0 Å². The van der Waals surface area contributed by atoms with Gasteiger partial charge in [0.05, 0.1) is 39.5 Å². The molecule has 0 N–H and O–H groups in total. The number of benzene rings is 4. The summed E-state index contributed by atoms with van der Waals surface area (Å²) in [6.07, 6.45) is 5.25. The molecule has 0 aliphatic rings. The van der Waals surface area contributed by atoms with Crippen molar-refractivity contribution in [2.24, 2.45) is 0 Å². The number of fused-ring (bicyclic) bond motifs is 4. The summed E-state index contributed by atoms with van der Waals surface area (Å²) < 4.78 is 15.0. The van der Waals surface area contributed by atoms with Crippen LogP contribution in [0.25, 0.3) is 82.2 Å². The van der Waals surface area contributed by atoms with Crippen molar-refractivity contribution in [3.05, 3.63) is 140 Å². The average molecular weight is 586 g/mol. The van der Waals surface area contributed by atoms with Crippen molar-refractivity contribution >= 4 is 43.4 Å². The minimum absolute atomic E-state index is 0.814. The fraction of sp³-hybridized carbons (Fsp3) is 0. The lowest BCUT2D eigenvalue weighted by Gasteiger charge is -2.13. The third-order valence-electron chi connectivity index (χ3n) is 8.06. The summed E-state index contributed by atoms with van der Waals surface area (Å²) in [6.45, 7) is 0. The largest absolute Gasteiger partial charge is 0.464 e. The molecule has 0 radical (unpaired) electrons. The first kappa shape index (κ1) is 24.8. The number of hydrogen-bond acceptors (Lipinski definition) is 5. The van der Waals surface area contributed by atoms with Gasteiger partial charge in [0, 0.05) is 44.9 Å². The third-order valence-corrected chi connectivity index (χ3v) is 9.12. The molecule has 0 bridgehead atoms. The highest BCUT2D eigenvalue weighted by molar-refractivity contribution is 7.21. The molecule has 0 atom stereocenters. The van der Waals surface area contributed by atoms with Gasteiger partial charge >= 0.3 is 0 Å². The Bertz CT molecular complexity index is 2440. The lowest BCUT2D eigenvalue weighted by atomic mass is 10.0. The molecule has 0 saturated carbocycles. The highest BCUT2D eigenvalue weighted by atomic mass is 32.1. The standard InChI is InChI=1S/C38H23N3O2S/c1-2-9-33-29(7-1)30-14-12-25(38-40-32-15-13-24(23-37(32)44-38)35-10-5-17-42-35)22-34(30)41(33)28-20-26(31-8-3-4-16-39-31)19-27(21-28)36-11-6-18-43-36/h1-23H. The van der Waals surface area contributed by atoms with Crippen LogP contribution < -0.4 is 0 Å². The molecule has 6 heteroatoms. The van der Waals surface area contributed by atoms with Gasteiger partial charge in [-0.3, -0.25) is 4.98 Å². The highest BCUT2D eigenvalue weighted by Gasteiger charge is 2.17. The first-order chi connectivity index (χ1) is 21.8. The first-order valence-corrected chi connectivity index (χ1v) is 15.2. The smallest absolute Gasteiger partial charge is 0.133 e. The Morgan fingerprint density at radius 2 is 1.34 bits per heavy atom. The molecule has 0 aliphatic carbocycles. The fourth-order valence-corrected chi connectivity index (χ4v) is 7.03. The van der Waals surface area contributed by atoms with Gasteiger partial charge in [-0.25, -0.2) is 4.98 Å². The Kier molecular flexibility index (Phi) is 5.61. The van der Waals surface area contributed by atoms with E-state index >= 15 is 0 Å². The van der Waals surface area contributed by atoms with Crippen LogP contribution in [0.15, 0.2) is 149 Å². The van der Waals surface area contributed by atoms with E-state index in [2.05, 4.69) is 88.4 Å². The van der Waals surface area contributed by atoms with Crippen LogP contribution in [0.1, 0.15) is 0 Å². The molecule has 0 aliphatic heterocycles. The summed E-state index contributed by atoms with van der Waals surface area (Å²) in [5, 5.41) is 3.37. The number of aromatic nitrogens is 3. The van der Waals surface area contributed by atoms with Crippen molar-refractivity contribution < 1.29 is 8.83 Å². The van der Waals surface area contributed by atoms with E-state index in [-0.39, 0.29) is 0 Å². The monoisotopic (exact) mass is 585 g/mol. The molecular weight excluding hydrogens is 563 g/mol. The van der Waals surface area contributed by atoms with Crippen LogP contribution in [0.3, 0.4) is 0 Å². The second-order valence-corrected chi connectivity index (χ2v) is 11.8. The molecule has 9 aromatic rings. The van der Waals surface area contributed by atoms with Crippen molar-refractivity contribution in [1.29, 1.82) is 0 Å². The Hall–Kier alpha value is -5.72. The Balaban J connectivity index is 1.26. The number of thiazole rings is 1. The number of pyridine rings is 1. The van der Waals surface area contributed by atoms with E-state index in [4.69, 9.17) is 13.8 Å². The quantitative estimate of drug-likeness (QED) is 0.202. The van der Waals surface area contributed by atoms with Crippen LogP contribution in [0, 0.1) is 0 Å². The first-order valence-electron chi connectivity index (χ1n) is 14.4. The number of furan rings is 2. The molecule has 0 unspecified atom stereocenters. The molecule has 4 aromatic carbocycles. The van der Waals surface area contributed by atoms with Crippen molar-refractivity contribution in [3.63, 3.8) is 0 Å². The van der Waals surface area contributed by atoms with E-state index in [9.17, 15) is 0 Å². The second kappa shape index (κ2) is 9.93. The fourth-order valence-electron chi connectivity index (χ4n) is 6.03. The zero-order valence-electron chi connectivity index (χ0n) is 23.3. The molecule has 9 rings (SSSR count).